The molecule has 1 amide bonds. The number of carbonyl (C=O) groups is 2. The van der Waals surface area contributed by atoms with E-state index in [1.54, 1.807) is 0 Å². The molecule has 1 aliphatic rings. The molecule has 6 heteroatoms. The summed E-state index contributed by atoms with van der Waals surface area (Å²) < 4.78 is 13.0. The van der Waals surface area contributed by atoms with Crippen molar-refractivity contribution in [2.45, 2.75) is 71.4 Å². The molecular weight excluding hydrogens is 488 g/mol. The van der Waals surface area contributed by atoms with Gasteiger partial charge in [-0.25, -0.2) is 9.59 Å². The van der Waals surface area contributed by atoms with E-state index in [-0.39, 0.29) is 19.1 Å². The number of amides is 1. The smallest absolute Gasteiger partial charge is 0.407 e. The fraction of sp³-hybridized carbons (Fsp3) is 0.394. The number of aryl methyl sites for hydroxylation is 1. The van der Waals surface area contributed by atoms with Crippen LogP contribution >= 0.6 is 0 Å². The molecule has 0 aliphatic heterocycles. The lowest BCUT2D eigenvalue weighted by Gasteiger charge is -2.20. The van der Waals surface area contributed by atoms with Gasteiger partial charge in [-0.1, -0.05) is 55.3 Å². The lowest BCUT2D eigenvalue weighted by Crippen LogP contribution is -2.33. The van der Waals surface area contributed by atoms with Gasteiger partial charge >= 0.3 is 12.1 Å². The van der Waals surface area contributed by atoms with Crippen LogP contribution in [0.4, 0.5) is 4.79 Å². The first-order valence-corrected chi connectivity index (χ1v) is 13.9. The van der Waals surface area contributed by atoms with Gasteiger partial charge in [0.1, 0.15) is 5.60 Å². The summed E-state index contributed by atoms with van der Waals surface area (Å²) in [7, 11) is 1.94. The molecule has 0 unspecified atom stereocenters. The van der Waals surface area contributed by atoms with Crippen molar-refractivity contribution < 1.29 is 19.1 Å². The second-order valence-corrected chi connectivity index (χ2v) is 11.4. The number of nitrogens with zero attached hydrogens (tertiary/aromatic N) is 1. The molecule has 1 N–H and O–H groups in total. The summed E-state index contributed by atoms with van der Waals surface area (Å²) in [4.78, 5) is 25.8. The summed E-state index contributed by atoms with van der Waals surface area (Å²) in [6, 6.07) is 19.4. The van der Waals surface area contributed by atoms with Crippen LogP contribution in [0.15, 0.2) is 54.6 Å². The molecule has 5 rings (SSSR count). The van der Waals surface area contributed by atoms with E-state index in [4.69, 9.17) is 9.47 Å². The van der Waals surface area contributed by atoms with Crippen LogP contribution < -0.4 is 5.32 Å². The van der Waals surface area contributed by atoms with E-state index in [2.05, 4.69) is 59.9 Å². The molecule has 1 aromatic heterocycles. The summed E-state index contributed by atoms with van der Waals surface area (Å²) in [5.41, 5.74) is 5.20. The van der Waals surface area contributed by atoms with Gasteiger partial charge in [0.25, 0.3) is 0 Å². The van der Waals surface area contributed by atoms with Gasteiger partial charge in [0, 0.05) is 18.0 Å². The maximum atomic E-state index is 13.3. The van der Waals surface area contributed by atoms with Crippen molar-refractivity contribution in [3.05, 3.63) is 71.4 Å². The lowest BCUT2D eigenvalue weighted by molar-refractivity contribution is 0.0502. The molecule has 3 aromatic carbocycles. The Kier molecular flexibility index (Phi) is 7.39. The first-order chi connectivity index (χ1) is 18.7. The SMILES string of the molecule is CCOC(=O)c1c(CNC(=O)OC(C)(C)C)n(C)c2cc(-c3cccc4ccccc34)c(C3CCCC3)cc12. The number of alkyl carbamates (subject to hydrolysis) is 1. The second-order valence-electron chi connectivity index (χ2n) is 11.4. The quantitative estimate of drug-likeness (QED) is 0.260. The lowest BCUT2D eigenvalue weighted by atomic mass is 9.86. The molecule has 39 heavy (non-hydrogen) atoms. The summed E-state index contributed by atoms with van der Waals surface area (Å²) in [6.45, 7) is 7.71. The van der Waals surface area contributed by atoms with Crippen LogP contribution in [0.3, 0.4) is 0 Å². The number of hydrogen-bond donors (Lipinski definition) is 1. The number of rotatable bonds is 6. The van der Waals surface area contributed by atoms with Gasteiger partial charge in [0.05, 0.1) is 24.4 Å². The van der Waals surface area contributed by atoms with Crippen molar-refractivity contribution in [3.8, 4) is 11.1 Å². The van der Waals surface area contributed by atoms with Crippen LogP contribution in [0, 0.1) is 0 Å². The van der Waals surface area contributed by atoms with Gasteiger partial charge in [-0.15, -0.1) is 0 Å². The summed E-state index contributed by atoms with van der Waals surface area (Å²) >= 11 is 0. The maximum Gasteiger partial charge on any atom is 0.407 e. The average molecular weight is 527 g/mol. The van der Waals surface area contributed by atoms with Gasteiger partial charge in [0.2, 0.25) is 0 Å². The Morgan fingerprint density at radius 3 is 2.41 bits per heavy atom. The number of nitrogens with one attached hydrogen (secondary N) is 1. The zero-order chi connectivity index (χ0) is 27.7. The van der Waals surface area contributed by atoms with Crippen molar-refractivity contribution in [1.82, 2.24) is 9.88 Å². The Labute approximate surface area is 230 Å². The largest absolute Gasteiger partial charge is 0.462 e. The third kappa shape index (κ3) is 5.38. The fourth-order valence-electron chi connectivity index (χ4n) is 5.93. The van der Waals surface area contributed by atoms with E-state index in [0.29, 0.717) is 17.2 Å². The van der Waals surface area contributed by atoms with E-state index < -0.39 is 11.7 Å². The number of fused-ring (bicyclic) bond motifs is 2. The molecule has 0 atom stereocenters. The van der Waals surface area contributed by atoms with Gasteiger partial charge in [-0.05, 0) is 86.1 Å². The number of carbonyl (C=O) groups excluding carboxylic acids is 2. The number of aromatic nitrogens is 1. The van der Waals surface area contributed by atoms with Crippen molar-refractivity contribution in [1.29, 1.82) is 0 Å². The van der Waals surface area contributed by atoms with Crippen molar-refractivity contribution in [2.24, 2.45) is 7.05 Å². The first-order valence-electron chi connectivity index (χ1n) is 13.9. The van der Waals surface area contributed by atoms with E-state index in [9.17, 15) is 9.59 Å². The highest BCUT2D eigenvalue weighted by Gasteiger charge is 2.28. The molecule has 204 valence electrons. The van der Waals surface area contributed by atoms with Crippen LogP contribution in [0.2, 0.25) is 0 Å². The van der Waals surface area contributed by atoms with Crippen LogP contribution in [0.25, 0.3) is 32.8 Å². The minimum atomic E-state index is -0.615. The minimum absolute atomic E-state index is 0.149. The van der Waals surface area contributed by atoms with Crippen LogP contribution in [-0.4, -0.2) is 28.8 Å². The van der Waals surface area contributed by atoms with Crippen molar-refractivity contribution in [3.63, 3.8) is 0 Å². The molecule has 1 fully saturated rings. The van der Waals surface area contributed by atoms with Crippen LogP contribution in [0.5, 0.6) is 0 Å². The monoisotopic (exact) mass is 526 g/mol. The highest BCUT2D eigenvalue weighted by atomic mass is 16.6. The Morgan fingerprint density at radius 1 is 0.974 bits per heavy atom. The highest BCUT2D eigenvalue weighted by molar-refractivity contribution is 6.08. The average Bonchev–Trinajstić information content (AvgIpc) is 3.52. The van der Waals surface area contributed by atoms with Crippen molar-refractivity contribution in [2.75, 3.05) is 6.61 Å². The molecule has 6 nitrogen and oxygen atoms in total. The van der Waals surface area contributed by atoms with E-state index in [1.807, 2.05) is 39.3 Å². The Balaban J connectivity index is 1.71. The molecule has 4 aromatic rings. The van der Waals surface area contributed by atoms with Gasteiger partial charge in [0.15, 0.2) is 0 Å². The molecule has 1 aliphatic carbocycles. The summed E-state index contributed by atoms with van der Waals surface area (Å²) in [6.07, 6.45) is 4.17. The third-order valence-corrected chi connectivity index (χ3v) is 7.65. The summed E-state index contributed by atoms with van der Waals surface area (Å²) in [5.74, 6) is 0.0568. The van der Waals surface area contributed by atoms with E-state index in [0.717, 1.165) is 23.7 Å². The fourth-order valence-corrected chi connectivity index (χ4v) is 5.93. The maximum absolute atomic E-state index is 13.3. The third-order valence-electron chi connectivity index (χ3n) is 7.65. The molecule has 1 saturated carbocycles. The molecule has 0 bridgehead atoms. The number of hydrogen-bond acceptors (Lipinski definition) is 4. The van der Waals surface area contributed by atoms with Gasteiger partial charge in [-0.2, -0.15) is 0 Å². The van der Waals surface area contributed by atoms with Crippen molar-refractivity contribution >= 4 is 33.7 Å². The number of esters is 1. The van der Waals surface area contributed by atoms with Gasteiger partial charge in [-0.3, -0.25) is 0 Å². The van der Waals surface area contributed by atoms with Gasteiger partial charge < -0.3 is 19.4 Å². The molecule has 0 spiro atoms. The van der Waals surface area contributed by atoms with E-state index in [1.165, 1.54) is 40.3 Å². The molecule has 0 radical (unpaired) electrons. The summed E-state index contributed by atoms with van der Waals surface area (Å²) in [5, 5.41) is 6.12. The number of benzene rings is 3. The zero-order valence-electron chi connectivity index (χ0n) is 23.6. The topological polar surface area (TPSA) is 69.6 Å². The molecule has 0 saturated heterocycles. The highest BCUT2D eigenvalue weighted by Crippen LogP contribution is 2.44. The first kappa shape index (κ1) is 26.8. The predicted octanol–water partition coefficient (Wildman–Crippen LogP) is 7.86. The standard InChI is InChI=1S/C33H38N2O4/c1-6-38-31(36)30-27-18-25(22-13-7-8-14-22)26(24-17-11-15-21-12-9-10-16-23(21)24)19-28(27)35(5)29(30)20-34-32(37)39-33(2,3)4/h9-12,15-19,22H,6-8,13-14,20H2,1-5H3,(H,34,37). The molecular formula is C33H38N2O4. The minimum Gasteiger partial charge on any atom is -0.462 e. The normalized spacial score (nSPS) is 14.2. The Morgan fingerprint density at radius 2 is 1.69 bits per heavy atom. The molecule has 1 heterocycles. The Hall–Kier alpha value is -3.80. The van der Waals surface area contributed by atoms with Crippen LogP contribution in [0.1, 0.15) is 80.9 Å². The van der Waals surface area contributed by atoms with Crippen LogP contribution in [-0.2, 0) is 23.1 Å². The van der Waals surface area contributed by atoms with E-state index >= 15 is 0 Å². The Bertz CT molecular complexity index is 1530. The second kappa shape index (κ2) is 10.8. The zero-order valence-corrected chi connectivity index (χ0v) is 23.6. The predicted molar refractivity (Wildman–Crippen MR) is 156 cm³/mol. The number of ether oxygens (including phenoxy) is 2.